The van der Waals surface area contributed by atoms with Crippen LogP contribution >= 0.6 is 0 Å². The first kappa shape index (κ1) is 16.9. The van der Waals surface area contributed by atoms with Gasteiger partial charge in [0.1, 0.15) is 0 Å². The van der Waals surface area contributed by atoms with E-state index < -0.39 is 0 Å². The summed E-state index contributed by atoms with van der Waals surface area (Å²) < 4.78 is 5.05. The van der Waals surface area contributed by atoms with Crippen LogP contribution in [0.1, 0.15) is 35.2 Å². The van der Waals surface area contributed by atoms with Gasteiger partial charge in [-0.2, -0.15) is 0 Å². The topological polar surface area (TPSA) is 61.8 Å². The fourth-order valence-corrected chi connectivity index (χ4v) is 2.90. The van der Waals surface area contributed by atoms with Gasteiger partial charge in [-0.25, -0.2) is 0 Å². The van der Waals surface area contributed by atoms with E-state index in [1.807, 2.05) is 24.3 Å². The molecule has 0 saturated carbocycles. The van der Waals surface area contributed by atoms with Gasteiger partial charge in [-0.05, 0) is 37.1 Å². The van der Waals surface area contributed by atoms with Gasteiger partial charge in [-0.15, -0.1) is 0 Å². The van der Waals surface area contributed by atoms with Crippen molar-refractivity contribution in [1.29, 1.82) is 0 Å². The Bertz CT molecular complexity index is 461. The highest BCUT2D eigenvalue weighted by atomic mass is 16.5. The van der Waals surface area contributed by atoms with Crippen molar-refractivity contribution >= 4 is 5.91 Å². The number of carbonyl (C=O) groups excluding carboxylic acids is 1. The lowest BCUT2D eigenvalue weighted by molar-refractivity contribution is 0.0849. The van der Waals surface area contributed by atoms with Gasteiger partial charge < -0.3 is 15.2 Å². The van der Waals surface area contributed by atoms with Crippen LogP contribution in [0.5, 0.6) is 0 Å². The van der Waals surface area contributed by atoms with E-state index >= 15 is 0 Å². The van der Waals surface area contributed by atoms with Gasteiger partial charge in [0, 0.05) is 31.8 Å². The lowest BCUT2D eigenvalue weighted by atomic mass is 10.0. The van der Waals surface area contributed by atoms with Crippen LogP contribution < -0.4 is 5.32 Å². The second-order valence-electron chi connectivity index (χ2n) is 5.75. The van der Waals surface area contributed by atoms with Crippen LogP contribution in [0, 0.1) is 0 Å². The molecule has 0 aromatic heterocycles. The molecule has 1 atom stereocenters. The largest absolute Gasteiger partial charge is 0.395 e. The van der Waals surface area contributed by atoms with Crippen LogP contribution in [0.4, 0.5) is 0 Å². The van der Waals surface area contributed by atoms with Crippen molar-refractivity contribution < 1.29 is 14.6 Å². The van der Waals surface area contributed by atoms with Crippen LogP contribution in [0.2, 0.25) is 0 Å². The molecule has 122 valence electrons. The van der Waals surface area contributed by atoms with Gasteiger partial charge in [0.05, 0.1) is 13.2 Å². The highest BCUT2D eigenvalue weighted by Crippen LogP contribution is 2.15. The summed E-state index contributed by atoms with van der Waals surface area (Å²) in [6.07, 6.45) is 3.40. The van der Waals surface area contributed by atoms with Crippen LogP contribution in [0.25, 0.3) is 0 Å². The molecule has 2 N–H and O–H groups in total. The Kier molecular flexibility index (Phi) is 6.83. The normalized spacial score (nSPS) is 19.1. The van der Waals surface area contributed by atoms with E-state index in [1.54, 1.807) is 7.11 Å². The highest BCUT2D eigenvalue weighted by molar-refractivity contribution is 5.94. The summed E-state index contributed by atoms with van der Waals surface area (Å²) >= 11 is 0. The number of hydrogen-bond donors (Lipinski definition) is 2. The van der Waals surface area contributed by atoms with E-state index in [-0.39, 0.29) is 18.6 Å². The number of aliphatic hydroxyl groups excluding tert-OH is 1. The van der Waals surface area contributed by atoms with Crippen LogP contribution in [0.3, 0.4) is 0 Å². The molecule has 0 aliphatic carbocycles. The lowest BCUT2D eigenvalue weighted by Gasteiger charge is -2.34. The van der Waals surface area contributed by atoms with Gasteiger partial charge >= 0.3 is 0 Å². The predicted molar refractivity (Wildman–Crippen MR) is 85.8 cm³/mol. The summed E-state index contributed by atoms with van der Waals surface area (Å²) in [4.78, 5) is 14.4. The number of carbonyl (C=O) groups is 1. The maximum atomic E-state index is 12.1. The first-order valence-electron chi connectivity index (χ1n) is 7.95. The third kappa shape index (κ3) is 4.80. The zero-order valence-electron chi connectivity index (χ0n) is 13.3. The lowest BCUT2D eigenvalue weighted by Crippen LogP contribution is -2.45. The number of rotatable bonds is 7. The Balaban J connectivity index is 1.77. The van der Waals surface area contributed by atoms with Crippen molar-refractivity contribution in [2.45, 2.75) is 31.9 Å². The molecule has 0 bridgehead atoms. The Morgan fingerprint density at radius 3 is 2.82 bits per heavy atom. The minimum atomic E-state index is -0.0541. The molecular weight excluding hydrogens is 280 g/mol. The van der Waals surface area contributed by atoms with Gasteiger partial charge in [-0.3, -0.25) is 9.69 Å². The Labute approximate surface area is 132 Å². The van der Waals surface area contributed by atoms with Crippen LogP contribution in [-0.4, -0.2) is 55.3 Å². The van der Waals surface area contributed by atoms with E-state index in [9.17, 15) is 9.90 Å². The fraction of sp³-hybridized carbons (Fsp3) is 0.588. The second-order valence-corrected chi connectivity index (χ2v) is 5.75. The molecule has 1 aromatic carbocycles. The molecule has 5 nitrogen and oxygen atoms in total. The molecule has 0 radical (unpaired) electrons. The smallest absolute Gasteiger partial charge is 0.251 e. The van der Waals surface area contributed by atoms with Gasteiger partial charge in [0.25, 0.3) is 5.91 Å². The molecule has 1 aliphatic rings. The van der Waals surface area contributed by atoms with Crippen molar-refractivity contribution in [3.05, 3.63) is 35.4 Å². The fourth-order valence-electron chi connectivity index (χ4n) is 2.90. The predicted octanol–water partition coefficient (Wildman–Crippen LogP) is 1.41. The maximum Gasteiger partial charge on any atom is 0.251 e. The van der Waals surface area contributed by atoms with Crippen LogP contribution in [0.15, 0.2) is 24.3 Å². The molecule has 5 heteroatoms. The Morgan fingerprint density at radius 2 is 2.14 bits per heavy atom. The molecule has 1 aliphatic heterocycles. The summed E-state index contributed by atoms with van der Waals surface area (Å²) in [5, 5.41) is 12.3. The van der Waals surface area contributed by atoms with Gasteiger partial charge in [0.15, 0.2) is 0 Å². The number of likely N-dealkylation sites (tertiary alicyclic amines) is 1. The number of hydrogen-bond acceptors (Lipinski definition) is 4. The first-order chi connectivity index (χ1) is 10.7. The average molecular weight is 306 g/mol. The van der Waals surface area contributed by atoms with E-state index in [0.29, 0.717) is 18.7 Å². The molecule has 1 aromatic rings. The Hall–Kier alpha value is -1.43. The van der Waals surface area contributed by atoms with E-state index in [0.717, 1.165) is 25.1 Å². The number of amides is 1. The molecule has 0 unspecified atom stereocenters. The highest BCUT2D eigenvalue weighted by Gasteiger charge is 2.21. The van der Waals surface area contributed by atoms with Crippen molar-refractivity contribution in [3.8, 4) is 0 Å². The Morgan fingerprint density at radius 1 is 1.36 bits per heavy atom. The molecule has 22 heavy (non-hydrogen) atoms. The summed E-state index contributed by atoms with van der Waals surface area (Å²) in [5.41, 5.74) is 1.72. The van der Waals surface area contributed by atoms with E-state index in [1.165, 1.54) is 12.8 Å². The van der Waals surface area contributed by atoms with Crippen molar-refractivity contribution in [3.63, 3.8) is 0 Å². The van der Waals surface area contributed by atoms with Gasteiger partial charge in [0.2, 0.25) is 0 Å². The number of piperidine rings is 1. The molecular formula is C17H26N2O3. The third-order valence-corrected chi connectivity index (χ3v) is 4.17. The van der Waals surface area contributed by atoms with E-state index in [4.69, 9.17) is 4.74 Å². The minimum absolute atomic E-state index is 0.0541. The van der Waals surface area contributed by atoms with Crippen LogP contribution in [-0.2, 0) is 11.3 Å². The minimum Gasteiger partial charge on any atom is -0.395 e. The van der Waals surface area contributed by atoms with Crippen molar-refractivity contribution in [2.24, 2.45) is 0 Å². The second kappa shape index (κ2) is 8.88. The SMILES string of the molecule is COCc1ccc(C(=O)NCCN2CCCC[C@H]2CO)cc1. The summed E-state index contributed by atoms with van der Waals surface area (Å²) in [7, 11) is 1.65. The van der Waals surface area contributed by atoms with Crippen molar-refractivity contribution in [2.75, 3.05) is 33.4 Å². The summed E-state index contributed by atoms with van der Waals surface area (Å²) in [5.74, 6) is -0.0541. The molecule has 1 amide bonds. The third-order valence-electron chi connectivity index (χ3n) is 4.17. The number of ether oxygens (including phenoxy) is 1. The standard InChI is InChI=1S/C17H26N2O3/c1-22-13-14-5-7-15(8-6-14)17(21)18-9-11-19-10-3-2-4-16(19)12-20/h5-8,16,20H,2-4,9-13H2,1H3,(H,18,21)/t16-/m0/s1. The van der Waals surface area contributed by atoms with Crippen molar-refractivity contribution in [1.82, 2.24) is 10.2 Å². The molecule has 1 saturated heterocycles. The quantitative estimate of drug-likeness (QED) is 0.799. The summed E-state index contributed by atoms with van der Waals surface area (Å²) in [6.45, 7) is 3.16. The van der Waals surface area contributed by atoms with Gasteiger partial charge in [-0.1, -0.05) is 18.6 Å². The zero-order chi connectivity index (χ0) is 15.8. The molecule has 0 spiro atoms. The summed E-state index contributed by atoms with van der Waals surface area (Å²) in [6, 6.07) is 7.71. The number of nitrogens with zero attached hydrogens (tertiary/aromatic N) is 1. The molecule has 1 heterocycles. The number of aliphatic hydroxyl groups is 1. The zero-order valence-corrected chi connectivity index (χ0v) is 13.3. The first-order valence-corrected chi connectivity index (χ1v) is 7.95. The number of benzene rings is 1. The maximum absolute atomic E-state index is 12.1. The van der Waals surface area contributed by atoms with E-state index in [2.05, 4.69) is 10.2 Å². The molecule has 1 fully saturated rings. The number of methoxy groups -OCH3 is 1. The average Bonchev–Trinajstić information content (AvgIpc) is 2.56. The molecule has 2 rings (SSSR count). The monoisotopic (exact) mass is 306 g/mol. The number of nitrogens with one attached hydrogen (secondary N) is 1.